The van der Waals surface area contributed by atoms with Crippen molar-refractivity contribution >= 4 is 84.2 Å². The number of hydrogen-bond donors (Lipinski definition) is 15. The molecule has 8 aromatic rings. The van der Waals surface area contributed by atoms with Crippen LogP contribution in [0.15, 0.2) is 243 Å². The van der Waals surface area contributed by atoms with Gasteiger partial charge in [0.15, 0.2) is 0 Å². The highest BCUT2D eigenvalue weighted by molar-refractivity contribution is 5.93. The minimum atomic E-state index is -1.26. The molecule has 756 valence electrons. The normalized spacial score (nSPS) is 12.0. The molecule has 6 atom stereocenters. The van der Waals surface area contributed by atoms with Crippen molar-refractivity contribution < 1.29 is 105 Å². The molecule has 0 saturated carbocycles. The maximum atomic E-state index is 14.6. The third-order valence-corrected chi connectivity index (χ3v) is 21.8. The smallest absolute Gasteiger partial charge is 0.408 e. The number of unbranched alkanes of at least 4 members (excludes halogenated alkanes) is 6. The van der Waals surface area contributed by atoms with E-state index in [1.807, 2.05) is 133 Å². The fraction of sp³-hybridized carbons (Fsp3) is 0.404. The van der Waals surface area contributed by atoms with Crippen LogP contribution in [-0.4, -0.2) is 186 Å². The number of amides is 14. The van der Waals surface area contributed by atoms with Gasteiger partial charge in [0.25, 0.3) is 0 Å². The third kappa shape index (κ3) is 49.5. The van der Waals surface area contributed by atoms with E-state index in [2.05, 4.69) is 79.8 Å². The molecule has 0 aliphatic rings. The summed E-state index contributed by atoms with van der Waals surface area (Å²) < 4.78 is 43.4. The molecule has 0 radical (unpaired) electrons. The van der Waals surface area contributed by atoms with Crippen LogP contribution in [0.2, 0.25) is 0 Å². The summed E-state index contributed by atoms with van der Waals surface area (Å²) in [5.74, 6) is -3.77. The zero-order valence-corrected chi connectivity index (χ0v) is 79.5. The minimum Gasteiger partial charge on any atom is -0.445 e. The number of ether oxygens (including phenoxy) is 8. The van der Waals surface area contributed by atoms with Crippen molar-refractivity contribution in [2.24, 2.45) is 0 Å². The molecule has 15 N–H and O–H groups in total. The average Bonchev–Trinajstić information content (AvgIpc) is 0.906. The van der Waals surface area contributed by atoms with Crippen LogP contribution in [0.4, 0.5) is 38.4 Å². The molecule has 0 saturated heterocycles. The lowest BCUT2D eigenvalue weighted by Crippen LogP contribution is -2.54. The van der Waals surface area contributed by atoms with Gasteiger partial charge in [0.1, 0.15) is 89.1 Å². The van der Waals surface area contributed by atoms with Gasteiger partial charge in [-0.05, 0) is 160 Å². The maximum absolute atomic E-state index is 14.6. The van der Waals surface area contributed by atoms with E-state index < -0.39 is 120 Å². The van der Waals surface area contributed by atoms with Crippen molar-refractivity contribution in [3.8, 4) is 0 Å². The highest BCUT2D eigenvalue weighted by Gasteiger charge is 2.31. The van der Waals surface area contributed by atoms with Crippen molar-refractivity contribution in [1.82, 2.24) is 79.8 Å². The van der Waals surface area contributed by atoms with E-state index in [0.717, 1.165) is 33.4 Å². The van der Waals surface area contributed by atoms with Crippen LogP contribution in [0.25, 0.3) is 0 Å². The zero-order valence-electron chi connectivity index (χ0n) is 79.5. The quantitative estimate of drug-likeness (QED) is 0.0124. The molecule has 6 unspecified atom stereocenters. The number of nitrogens with one attached hydrogen (secondary N) is 15. The first-order chi connectivity index (χ1) is 68.8. The Hall–Kier alpha value is -15.3. The molecule has 141 heavy (non-hydrogen) atoms. The highest BCUT2D eigenvalue weighted by atomic mass is 16.6. The molecule has 0 spiro atoms. The Balaban J connectivity index is 0.913. The number of alkyl carbamates (subject to hydrolysis) is 8. The summed E-state index contributed by atoms with van der Waals surface area (Å²) in [6.07, 6.45) is -1.76. The Kier molecular flexibility index (Phi) is 53.4. The number of hydrogen-bond acceptors (Lipinski definition) is 23. The van der Waals surface area contributed by atoms with E-state index in [1.54, 1.807) is 109 Å². The molecule has 8 aromatic carbocycles. The molecule has 37 heteroatoms. The Bertz CT molecular complexity index is 4710. The van der Waals surface area contributed by atoms with Crippen LogP contribution in [0.5, 0.6) is 0 Å². The first-order valence-electron chi connectivity index (χ1n) is 47.9. The Morgan fingerprint density at radius 2 is 0.319 bits per heavy atom. The van der Waals surface area contributed by atoms with Gasteiger partial charge in [-0.3, -0.25) is 28.8 Å². The summed E-state index contributed by atoms with van der Waals surface area (Å²) in [6.45, 7) is 0.908. The monoisotopic (exact) mass is 1940 g/mol. The van der Waals surface area contributed by atoms with Gasteiger partial charge in [0.05, 0.1) is 0 Å². The first kappa shape index (κ1) is 111. The van der Waals surface area contributed by atoms with Crippen molar-refractivity contribution in [3.05, 3.63) is 287 Å². The van der Waals surface area contributed by atoms with Crippen LogP contribution in [0.3, 0.4) is 0 Å². The van der Waals surface area contributed by atoms with E-state index in [4.69, 9.17) is 37.9 Å². The maximum Gasteiger partial charge on any atom is 0.408 e. The predicted octanol–water partition coefficient (Wildman–Crippen LogP) is 11.9. The number of carbonyl (C=O) groups excluding carboxylic acids is 14. The summed E-state index contributed by atoms with van der Waals surface area (Å²) in [4.78, 5) is 190. The molecule has 0 aromatic heterocycles. The van der Waals surface area contributed by atoms with E-state index in [9.17, 15) is 67.1 Å². The molecule has 0 fully saturated rings. The van der Waals surface area contributed by atoms with Gasteiger partial charge < -0.3 is 118 Å². The highest BCUT2D eigenvalue weighted by Crippen LogP contribution is 2.16. The molecule has 0 bridgehead atoms. The lowest BCUT2D eigenvalue weighted by molar-refractivity contribution is -0.130. The molecule has 37 nitrogen and oxygen atoms in total. The van der Waals surface area contributed by atoms with E-state index in [0.29, 0.717) is 62.5 Å². The Labute approximate surface area is 822 Å². The molecular formula is C104H133N15O22. The summed E-state index contributed by atoms with van der Waals surface area (Å²) in [7, 11) is 0. The number of benzene rings is 8. The van der Waals surface area contributed by atoms with Crippen molar-refractivity contribution in [2.45, 2.75) is 205 Å². The van der Waals surface area contributed by atoms with Gasteiger partial charge in [0.2, 0.25) is 35.4 Å². The van der Waals surface area contributed by atoms with Gasteiger partial charge in [-0.1, -0.05) is 243 Å². The Morgan fingerprint density at radius 3 is 0.511 bits per heavy atom. The summed E-state index contributed by atoms with van der Waals surface area (Å²) in [5, 5.41) is 41.8. The van der Waals surface area contributed by atoms with Gasteiger partial charge in [-0.25, -0.2) is 38.4 Å². The second kappa shape index (κ2) is 67.8. The fourth-order valence-corrected chi connectivity index (χ4v) is 14.1. The first-order valence-corrected chi connectivity index (χ1v) is 47.9. The predicted molar refractivity (Wildman–Crippen MR) is 525 cm³/mol. The number of carbonyl (C=O) groups is 14. The van der Waals surface area contributed by atoms with Crippen LogP contribution in [0, 0.1) is 0 Å². The second-order valence-electron chi connectivity index (χ2n) is 33.0. The van der Waals surface area contributed by atoms with E-state index in [-0.39, 0.29) is 183 Å². The van der Waals surface area contributed by atoms with Crippen LogP contribution in [0.1, 0.15) is 160 Å². The van der Waals surface area contributed by atoms with E-state index in [1.165, 1.54) is 0 Å². The number of rotatable bonds is 64. The van der Waals surface area contributed by atoms with Gasteiger partial charge in [0, 0.05) is 65.4 Å². The second-order valence-corrected chi connectivity index (χ2v) is 33.0. The summed E-state index contributed by atoms with van der Waals surface area (Å²) in [5.41, 5.74) is 6.00. The third-order valence-electron chi connectivity index (χ3n) is 21.8. The van der Waals surface area contributed by atoms with Gasteiger partial charge >= 0.3 is 48.7 Å². The van der Waals surface area contributed by atoms with Gasteiger partial charge in [-0.15, -0.1) is 0 Å². The molecule has 8 rings (SSSR count). The molecule has 14 amide bonds. The molecular weight excluding hydrogens is 1810 g/mol. The molecule has 0 aliphatic heterocycles. The largest absolute Gasteiger partial charge is 0.445 e. The van der Waals surface area contributed by atoms with Crippen molar-refractivity contribution in [1.29, 1.82) is 0 Å². The SMILES string of the molecule is O=C(NCCCCC(NC(=O)OCc1ccccc1)C(=O)NCCCCC(NC(=O)C(CCCCNC(=O)OCc1ccccc1)NC(=O)OCc1ccccc1)C(=O)NCCNCCNC(=O)C(CCCCNC(=O)C(CCCCNC(=O)OCc1ccccc1)NC(=O)OCc1ccccc1)NC(=O)C(CCCCNC(=O)OCc1ccccc1)NC(=O)OCc1ccccc1)OCc1ccccc1. The standard InChI is InChI=1S/C104H133N15O22/c120-91(85(114-95(124)89(118-103(132)140-75-83-49-21-7-22-50-83)57-29-35-63-112-99(128)136-71-79-41-13-3-14-42-79)53-25-31-59-106-93(122)87(116-101(130)138-73-81-45-17-5-18-46-81)55-27-33-61-110-97(126)134-69-77-37-9-1-10-38-77)108-67-65-105-66-68-109-92(121)86(115-96(125)90(119-104(133)141-76-84-51-23-8-24-52-84)58-30-36-64-113-100(129)137-72-80-43-15-4-16-44-80)54-26-32-60-107-94(123)88(117-102(131)139-74-82-47-19-6-20-48-82)56-28-34-62-111-98(127)135-70-78-39-11-2-12-40-78/h1-24,37-52,85-90,105H,25-36,53-76H2,(H,106,122)(H,107,123)(H,108,120)(H,109,121)(H,110,126)(H,111,127)(H,112,128)(H,113,129)(H,114,124)(H,115,125)(H,116,130)(H,117,131)(H,118,132)(H,119,133). The summed E-state index contributed by atoms with van der Waals surface area (Å²) >= 11 is 0. The molecule has 0 heterocycles. The minimum absolute atomic E-state index is 0.0118. The topological polar surface area (TPSA) is 493 Å². The van der Waals surface area contributed by atoms with Crippen LogP contribution < -0.4 is 79.8 Å². The fourth-order valence-electron chi connectivity index (χ4n) is 14.1. The molecule has 0 aliphatic carbocycles. The van der Waals surface area contributed by atoms with Gasteiger partial charge in [-0.2, -0.15) is 0 Å². The summed E-state index contributed by atoms with van der Waals surface area (Å²) in [6, 6.07) is 65.2. The van der Waals surface area contributed by atoms with E-state index >= 15 is 0 Å². The lowest BCUT2D eigenvalue weighted by atomic mass is 10.1. The lowest BCUT2D eigenvalue weighted by Gasteiger charge is -2.24. The average molecular weight is 1950 g/mol. The van der Waals surface area contributed by atoms with Crippen molar-refractivity contribution in [2.75, 3.05) is 65.4 Å². The Morgan fingerprint density at radius 1 is 0.163 bits per heavy atom. The zero-order chi connectivity index (χ0) is 100. The van der Waals surface area contributed by atoms with Crippen LogP contribution >= 0.6 is 0 Å². The van der Waals surface area contributed by atoms with Crippen LogP contribution in [-0.2, 0) is 120 Å². The van der Waals surface area contributed by atoms with Crippen molar-refractivity contribution in [3.63, 3.8) is 0 Å².